The first-order valence-electron chi connectivity index (χ1n) is 7.48. The SMILES string of the molecule is Cl.O=C(C1CC(F)(F)CN1)N1CCC(Nc2cccnn2)CC1. The number of likely N-dealkylation sites (tertiary alicyclic amines) is 1. The Hall–Kier alpha value is -1.54. The monoisotopic (exact) mass is 347 g/mol. The Morgan fingerprint density at radius 3 is 2.70 bits per heavy atom. The van der Waals surface area contributed by atoms with Gasteiger partial charge in [0.05, 0.1) is 12.6 Å². The molecule has 1 unspecified atom stereocenters. The van der Waals surface area contributed by atoms with E-state index in [0.717, 1.165) is 12.8 Å². The largest absolute Gasteiger partial charge is 0.366 e. The van der Waals surface area contributed by atoms with Crippen molar-refractivity contribution < 1.29 is 13.6 Å². The third-order valence-corrected chi connectivity index (χ3v) is 4.14. The van der Waals surface area contributed by atoms with Crippen molar-refractivity contribution >= 4 is 24.1 Å². The minimum absolute atomic E-state index is 0. The number of nitrogens with zero attached hydrogens (tertiary/aromatic N) is 3. The van der Waals surface area contributed by atoms with E-state index in [1.165, 1.54) is 0 Å². The van der Waals surface area contributed by atoms with Gasteiger partial charge in [-0.1, -0.05) is 0 Å². The lowest BCUT2D eigenvalue weighted by atomic mass is 10.0. The van der Waals surface area contributed by atoms with Crippen LogP contribution in [0.25, 0.3) is 0 Å². The summed E-state index contributed by atoms with van der Waals surface area (Å²) in [4.78, 5) is 13.9. The summed E-state index contributed by atoms with van der Waals surface area (Å²) in [5, 5.41) is 13.7. The lowest BCUT2D eigenvalue weighted by molar-refractivity contribution is -0.134. The van der Waals surface area contributed by atoms with Gasteiger partial charge in [-0.15, -0.1) is 17.5 Å². The van der Waals surface area contributed by atoms with Gasteiger partial charge in [0.25, 0.3) is 5.92 Å². The Morgan fingerprint density at radius 1 is 1.39 bits per heavy atom. The first-order chi connectivity index (χ1) is 10.5. The molecule has 3 heterocycles. The molecule has 128 valence electrons. The van der Waals surface area contributed by atoms with Crippen LogP contribution in [-0.2, 0) is 4.79 Å². The number of rotatable bonds is 3. The van der Waals surface area contributed by atoms with Gasteiger partial charge in [0.2, 0.25) is 5.91 Å². The van der Waals surface area contributed by atoms with E-state index in [9.17, 15) is 13.6 Å². The first kappa shape index (κ1) is 17.8. The summed E-state index contributed by atoms with van der Waals surface area (Å²) in [5.41, 5.74) is 0. The Labute approximate surface area is 139 Å². The average molecular weight is 348 g/mol. The number of aromatic nitrogens is 2. The number of alkyl halides is 2. The van der Waals surface area contributed by atoms with Crippen LogP contribution in [0, 0.1) is 0 Å². The van der Waals surface area contributed by atoms with E-state index >= 15 is 0 Å². The predicted molar refractivity (Wildman–Crippen MR) is 83.9 cm³/mol. The molecule has 2 aliphatic rings. The lowest BCUT2D eigenvalue weighted by Gasteiger charge is -2.34. The number of halogens is 3. The quantitative estimate of drug-likeness (QED) is 0.862. The normalized spacial score (nSPS) is 24.1. The fourth-order valence-electron chi connectivity index (χ4n) is 2.94. The first-order valence-corrected chi connectivity index (χ1v) is 7.48. The molecule has 0 saturated carbocycles. The van der Waals surface area contributed by atoms with Gasteiger partial charge in [-0.3, -0.25) is 10.1 Å². The Kier molecular flexibility index (Phi) is 5.69. The van der Waals surface area contributed by atoms with Gasteiger partial charge in [0, 0.05) is 31.7 Å². The Balaban J connectivity index is 0.00000192. The predicted octanol–water partition coefficient (Wildman–Crippen LogP) is 1.30. The molecule has 9 heteroatoms. The molecular weight excluding hydrogens is 328 g/mol. The summed E-state index contributed by atoms with van der Waals surface area (Å²) in [6.45, 7) is 0.731. The molecule has 6 nitrogen and oxygen atoms in total. The maximum Gasteiger partial charge on any atom is 0.262 e. The van der Waals surface area contributed by atoms with Crippen LogP contribution in [0.15, 0.2) is 18.3 Å². The molecule has 0 spiro atoms. The van der Waals surface area contributed by atoms with Crippen LogP contribution in [-0.4, -0.2) is 58.6 Å². The van der Waals surface area contributed by atoms with Crippen molar-refractivity contribution in [1.82, 2.24) is 20.4 Å². The molecule has 0 aromatic carbocycles. The third-order valence-electron chi connectivity index (χ3n) is 4.14. The summed E-state index contributed by atoms with van der Waals surface area (Å²) >= 11 is 0. The fraction of sp³-hybridized carbons (Fsp3) is 0.643. The van der Waals surface area contributed by atoms with Crippen LogP contribution < -0.4 is 10.6 Å². The standard InChI is InChI=1S/C14H19F2N5O.ClH/c15-14(16)8-11(17-9-14)13(22)21-6-3-10(4-7-21)19-12-2-1-5-18-20-12;/h1-2,5,10-11,17H,3-4,6-9H2,(H,19,20);1H. The average Bonchev–Trinajstić information content (AvgIpc) is 2.88. The molecule has 0 radical (unpaired) electrons. The molecule has 2 saturated heterocycles. The van der Waals surface area contributed by atoms with Gasteiger partial charge in [-0.05, 0) is 25.0 Å². The third kappa shape index (κ3) is 4.48. The molecule has 0 bridgehead atoms. The number of piperidine rings is 1. The van der Waals surface area contributed by atoms with E-state index in [0.29, 0.717) is 18.9 Å². The highest BCUT2D eigenvalue weighted by Crippen LogP contribution is 2.26. The Morgan fingerprint density at radius 2 is 2.13 bits per heavy atom. The highest BCUT2D eigenvalue weighted by atomic mass is 35.5. The number of amides is 1. The number of hydrogen-bond acceptors (Lipinski definition) is 5. The molecule has 1 aromatic heterocycles. The van der Waals surface area contributed by atoms with Crippen LogP contribution in [0.2, 0.25) is 0 Å². The summed E-state index contributed by atoms with van der Waals surface area (Å²) < 4.78 is 26.3. The van der Waals surface area contributed by atoms with Crippen LogP contribution in [0.4, 0.5) is 14.6 Å². The zero-order valence-electron chi connectivity index (χ0n) is 12.5. The summed E-state index contributed by atoms with van der Waals surface area (Å²) in [7, 11) is 0. The minimum Gasteiger partial charge on any atom is -0.366 e. The van der Waals surface area contributed by atoms with Crippen molar-refractivity contribution in [2.75, 3.05) is 25.0 Å². The van der Waals surface area contributed by atoms with Crippen molar-refractivity contribution in [3.8, 4) is 0 Å². The molecular formula is C14H20ClF2N5O. The second-order valence-corrected chi connectivity index (χ2v) is 5.85. The lowest BCUT2D eigenvalue weighted by Crippen LogP contribution is -2.48. The number of nitrogens with one attached hydrogen (secondary N) is 2. The van der Waals surface area contributed by atoms with Crippen molar-refractivity contribution in [3.63, 3.8) is 0 Å². The number of carbonyl (C=O) groups is 1. The van der Waals surface area contributed by atoms with Gasteiger partial charge in [-0.2, -0.15) is 5.10 Å². The van der Waals surface area contributed by atoms with Crippen molar-refractivity contribution in [2.24, 2.45) is 0 Å². The van der Waals surface area contributed by atoms with Gasteiger partial charge in [0.1, 0.15) is 5.82 Å². The maximum absolute atomic E-state index is 13.2. The summed E-state index contributed by atoms with van der Waals surface area (Å²) in [6, 6.07) is 3.12. The summed E-state index contributed by atoms with van der Waals surface area (Å²) in [5.74, 6) is -2.27. The molecule has 2 fully saturated rings. The highest BCUT2D eigenvalue weighted by Gasteiger charge is 2.43. The fourth-order valence-corrected chi connectivity index (χ4v) is 2.94. The molecule has 2 N–H and O–H groups in total. The topological polar surface area (TPSA) is 70.2 Å². The van der Waals surface area contributed by atoms with Crippen molar-refractivity contribution in [2.45, 2.75) is 37.3 Å². The number of carbonyl (C=O) groups excluding carboxylic acids is 1. The molecule has 3 rings (SSSR count). The molecule has 1 amide bonds. The second-order valence-electron chi connectivity index (χ2n) is 5.85. The van der Waals surface area contributed by atoms with Crippen LogP contribution >= 0.6 is 12.4 Å². The van der Waals surface area contributed by atoms with Gasteiger partial charge >= 0.3 is 0 Å². The Bertz CT molecular complexity index is 525. The van der Waals surface area contributed by atoms with Gasteiger partial charge < -0.3 is 10.2 Å². The van der Waals surface area contributed by atoms with Crippen molar-refractivity contribution in [3.05, 3.63) is 18.3 Å². The second kappa shape index (κ2) is 7.35. The zero-order chi connectivity index (χ0) is 15.6. The van der Waals surface area contributed by atoms with E-state index < -0.39 is 24.9 Å². The van der Waals surface area contributed by atoms with E-state index in [4.69, 9.17) is 0 Å². The van der Waals surface area contributed by atoms with Crippen LogP contribution in [0.5, 0.6) is 0 Å². The minimum atomic E-state index is -2.77. The number of hydrogen-bond donors (Lipinski definition) is 2. The maximum atomic E-state index is 13.2. The molecule has 1 aromatic rings. The number of anilines is 1. The molecule has 1 atom stereocenters. The van der Waals surface area contributed by atoms with Gasteiger partial charge in [-0.25, -0.2) is 8.78 Å². The van der Waals surface area contributed by atoms with Crippen LogP contribution in [0.1, 0.15) is 19.3 Å². The van der Waals surface area contributed by atoms with E-state index in [1.807, 2.05) is 6.07 Å². The highest BCUT2D eigenvalue weighted by molar-refractivity contribution is 5.85. The summed E-state index contributed by atoms with van der Waals surface area (Å²) in [6.07, 6.45) is 2.75. The van der Waals surface area contributed by atoms with Crippen LogP contribution in [0.3, 0.4) is 0 Å². The van der Waals surface area contributed by atoms with E-state index in [2.05, 4.69) is 20.8 Å². The zero-order valence-corrected chi connectivity index (χ0v) is 13.4. The van der Waals surface area contributed by atoms with E-state index in [-0.39, 0.29) is 24.4 Å². The molecule has 2 aliphatic heterocycles. The smallest absolute Gasteiger partial charge is 0.262 e. The van der Waals surface area contributed by atoms with Crippen molar-refractivity contribution in [1.29, 1.82) is 0 Å². The van der Waals surface area contributed by atoms with Gasteiger partial charge in [0.15, 0.2) is 0 Å². The van der Waals surface area contributed by atoms with E-state index in [1.54, 1.807) is 17.2 Å². The molecule has 0 aliphatic carbocycles. The molecule has 23 heavy (non-hydrogen) atoms.